The molecule has 4 rings (SSSR count). The molecule has 2 aliphatic rings. The third-order valence-corrected chi connectivity index (χ3v) is 5.66. The lowest BCUT2D eigenvalue weighted by molar-refractivity contribution is -0.132. The van der Waals surface area contributed by atoms with Gasteiger partial charge >= 0.3 is 0 Å². The van der Waals surface area contributed by atoms with E-state index >= 15 is 0 Å². The third kappa shape index (κ3) is 4.19. The molecule has 2 aromatic rings. The summed E-state index contributed by atoms with van der Waals surface area (Å²) in [7, 11) is 1.65. The van der Waals surface area contributed by atoms with Gasteiger partial charge in [-0.25, -0.2) is 0 Å². The van der Waals surface area contributed by atoms with Gasteiger partial charge in [-0.3, -0.25) is 19.3 Å². The minimum Gasteiger partial charge on any atom is -0.495 e. The Hall–Kier alpha value is -3.55. The smallest absolute Gasteiger partial charge is 0.265 e. The number of nitrogens with zero attached hydrogens (tertiary/aromatic N) is 3. The van der Waals surface area contributed by atoms with Gasteiger partial charge in [0.15, 0.2) is 12.4 Å². The number of para-hydroxylation sites is 2. The summed E-state index contributed by atoms with van der Waals surface area (Å²) in [4.78, 5) is 42.6. The quantitative estimate of drug-likeness (QED) is 0.685. The number of ether oxygens (including phenoxy) is 2. The molecule has 0 spiro atoms. The minimum absolute atomic E-state index is 0.0782. The predicted octanol–water partition coefficient (Wildman–Crippen LogP) is 1.97. The van der Waals surface area contributed by atoms with Crippen molar-refractivity contribution in [2.75, 3.05) is 56.2 Å². The van der Waals surface area contributed by atoms with Crippen LogP contribution in [0.2, 0.25) is 0 Å². The summed E-state index contributed by atoms with van der Waals surface area (Å²) in [5.41, 5.74) is 1.94. The number of Topliss-reactive ketones (excluding diaryl/α,β-unsaturated/α-hetero) is 1. The molecule has 1 saturated heterocycles. The fraction of sp³-hybridized carbons (Fsp3) is 0.348. The normalized spacial score (nSPS) is 15.9. The average molecular weight is 423 g/mol. The maximum Gasteiger partial charge on any atom is 0.265 e. The molecule has 2 aliphatic heterocycles. The summed E-state index contributed by atoms with van der Waals surface area (Å²) in [6.45, 7) is 3.71. The topological polar surface area (TPSA) is 79.4 Å². The van der Waals surface area contributed by atoms with Crippen molar-refractivity contribution < 1.29 is 23.9 Å². The van der Waals surface area contributed by atoms with Crippen molar-refractivity contribution in [3.8, 4) is 11.5 Å². The van der Waals surface area contributed by atoms with E-state index in [-0.39, 0.29) is 30.7 Å². The third-order valence-electron chi connectivity index (χ3n) is 5.66. The molecule has 1 fully saturated rings. The molecule has 162 valence electrons. The minimum atomic E-state index is -0.297. The van der Waals surface area contributed by atoms with Crippen molar-refractivity contribution in [1.29, 1.82) is 0 Å². The zero-order chi connectivity index (χ0) is 22.0. The molecule has 2 heterocycles. The monoisotopic (exact) mass is 423 g/mol. The predicted molar refractivity (Wildman–Crippen MR) is 116 cm³/mol. The molecule has 2 amide bonds. The first-order chi connectivity index (χ1) is 15.0. The Morgan fingerprint density at radius 2 is 1.77 bits per heavy atom. The fourth-order valence-electron chi connectivity index (χ4n) is 3.92. The number of hydrogen-bond donors (Lipinski definition) is 0. The van der Waals surface area contributed by atoms with Crippen LogP contribution < -0.4 is 19.3 Å². The lowest BCUT2D eigenvalue weighted by Gasteiger charge is -2.38. The number of hydrogen-bond acceptors (Lipinski definition) is 6. The molecule has 0 radical (unpaired) electrons. The van der Waals surface area contributed by atoms with Gasteiger partial charge in [0.05, 0.1) is 18.5 Å². The summed E-state index contributed by atoms with van der Waals surface area (Å²) in [6.07, 6.45) is 0. The van der Waals surface area contributed by atoms with E-state index in [0.29, 0.717) is 43.2 Å². The van der Waals surface area contributed by atoms with Gasteiger partial charge in [-0.1, -0.05) is 12.1 Å². The first kappa shape index (κ1) is 20.7. The molecule has 0 unspecified atom stereocenters. The van der Waals surface area contributed by atoms with E-state index in [2.05, 4.69) is 4.90 Å². The van der Waals surface area contributed by atoms with Crippen LogP contribution in [-0.2, 0) is 9.59 Å². The molecule has 0 aliphatic carbocycles. The molecule has 0 bridgehead atoms. The lowest BCUT2D eigenvalue weighted by Crippen LogP contribution is -2.53. The molecule has 0 aromatic heterocycles. The van der Waals surface area contributed by atoms with E-state index in [1.165, 1.54) is 11.8 Å². The maximum absolute atomic E-state index is 13.0. The summed E-state index contributed by atoms with van der Waals surface area (Å²) in [5, 5.41) is 0. The average Bonchev–Trinajstić information content (AvgIpc) is 2.80. The summed E-state index contributed by atoms with van der Waals surface area (Å²) < 4.78 is 10.9. The number of carbonyl (C=O) groups excluding carboxylic acids is 3. The molecule has 0 N–H and O–H groups in total. The van der Waals surface area contributed by atoms with Gasteiger partial charge in [-0.15, -0.1) is 0 Å². The van der Waals surface area contributed by atoms with E-state index in [9.17, 15) is 14.4 Å². The summed E-state index contributed by atoms with van der Waals surface area (Å²) in [6, 6.07) is 12.8. The van der Waals surface area contributed by atoms with Crippen LogP contribution in [-0.4, -0.2) is 68.9 Å². The van der Waals surface area contributed by atoms with E-state index in [4.69, 9.17) is 9.47 Å². The summed E-state index contributed by atoms with van der Waals surface area (Å²) in [5.74, 6) is 0.764. The van der Waals surface area contributed by atoms with Crippen molar-refractivity contribution in [3.05, 3.63) is 48.0 Å². The Labute approximate surface area is 180 Å². The van der Waals surface area contributed by atoms with E-state index in [1.807, 2.05) is 24.3 Å². The zero-order valence-electron chi connectivity index (χ0n) is 17.7. The number of methoxy groups -OCH3 is 1. The van der Waals surface area contributed by atoms with Gasteiger partial charge < -0.3 is 19.3 Å². The number of benzene rings is 2. The van der Waals surface area contributed by atoms with Gasteiger partial charge in [0.2, 0.25) is 5.91 Å². The van der Waals surface area contributed by atoms with Crippen molar-refractivity contribution in [1.82, 2.24) is 4.90 Å². The number of amides is 2. The first-order valence-corrected chi connectivity index (χ1v) is 10.2. The van der Waals surface area contributed by atoms with Crippen LogP contribution in [0, 0.1) is 0 Å². The first-order valence-electron chi connectivity index (χ1n) is 10.2. The van der Waals surface area contributed by atoms with Crippen LogP contribution in [0.1, 0.15) is 17.3 Å². The largest absolute Gasteiger partial charge is 0.495 e. The van der Waals surface area contributed by atoms with Crippen LogP contribution in [0.4, 0.5) is 11.4 Å². The van der Waals surface area contributed by atoms with Gasteiger partial charge in [0.25, 0.3) is 5.91 Å². The van der Waals surface area contributed by atoms with Gasteiger partial charge in [-0.05, 0) is 37.3 Å². The lowest BCUT2D eigenvalue weighted by atomic mass is 10.1. The van der Waals surface area contributed by atoms with Crippen LogP contribution in [0.25, 0.3) is 0 Å². The molecule has 8 heteroatoms. The second-order valence-corrected chi connectivity index (χ2v) is 7.55. The van der Waals surface area contributed by atoms with E-state index < -0.39 is 0 Å². The number of piperazine rings is 1. The Morgan fingerprint density at radius 1 is 1.03 bits per heavy atom. The number of rotatable bonds is 5. The Bertz CT molecular complexity index is 1010. The van der Waals surface area contributed by atoms with Crippen LogP contribution in [0.15, 0.2) is 42.5 Å². The number of fused-ring (bicyclic) bond motifs is 1. The Balaban J connectivity index is 1.44. The SMILES string of the molecule is COc1ccccc1N1CCN(C(=O)CN2C(=O)COc3ccc(C(C)=O)cc32)CC1. The van der Waals surface area contributed by atoms with Crippen LogP contribution in [0.3, 0.4) is 0 Å². The molecular formula is C23H25N3O5. The maximum atomic E-state index is 13.0. The molecule has 0 saturated carbocycles. The summed E-state index contributed by atoms with van der Waals surface area (Å²) >= 11 is 0. The van der Waals surface area contributed by atoms with E-state index in [0.717, 1.165) is 11.4 Å². The van der Waals surface area contributed by atoms with Crippen LogP contribution >= 0.6 is 0 Å². The highest BCUT2D eigenvalue weighted by atomic mass is 16.5. The Morgan fingerprint density at radius 3 is 2.48 bits per heavy atom. The van der Waals surface area contributed by atoms with Gasteiger partial charge in [0, 0.05) is 31.7 Å². The molecule has 0 atom stereocenters. The second kappa shape index (κ2) is 8.67. The Kier molecular flexibility index (Phi) is 5.79. The zero-order valence-corrected chi connectivity index (χ0v) is 17.7. The highest BCUT2D eigenvalue weighted by molar-refractivity contribution is 6.04. The molecule has 8 nitrogen and oxygen atoms in total. The molecule has 31 heavy (non-hydrogen) atoms. The van der Waals surface area contributed by atoms with Gasteiger partial charge in [-0.2, -0.15) is 0 Å². The second-order valence-electron chi connectivity index (χ2n) is 7.55. The highest BCUT2D eigenvalue weighted by Gasteiger charge is 2.31. The molecular weight excluding hydrogens is 398 g/mol. The van der Waals surface area contributed by atoms with Crippen LogP contribution in [0.5, 0.6) is 11.5 Å². The van der Waals surface area contributed by atoms with Crippen molar-refractivity contribution in [2.24, 2.45) is 0 Å². The number of anilines is 2. The standard InChI is InChI=1S/C23H25N3O5/c1-16(27)17-7-8-21-19(13-17)26(23(29)15-31-21)14-22(28)25-11-9-24(10-12-25)18-5-3-4-6-20(18)30-2/h3-8,13H,9-12,14-15H2,1-2H3. The van der Waals surface area contributed by atoms with Crippen molar-refractivity contribution in [3.63, 3.8) is 0 Å². The molecule has 2 aromatic carbocycles. The number of carbonyl (C=O) groups is 3. The highest BCUT2D eigenvalue weighted by Crippen LogP contribution is 2.33. The fourth-order valence-corrected chi connectivity index (χ4v) is 3.92. The van der Waals surface area contributed by atoms with Crippen molar-refractivity contribution >= 4 is 29.0 Å². The number of ketones is 1. The van der Waals surface area contributed by atoms with E-state index in [1.54, 1.807) is 30.2 Å². The van der Waals surface area contributed by atoms with Crippen molar-refractivity contribution in [2.45, 2.75) is 6.92 Å². The van der Waals surface area contributed by atoms with Gasteiger partial charge in [0.1, 0.15) is 18.0 Å².